The first-order valence-electron chi connectivity index (χ1n) is 10.3. The van der Waals surface area contributed by atoms with Crippen LogP contribution in [0.5, 0.6) is 0 Å². The zero-order valence-corrected chi connectivity index (χ0v) is 21.4. The lowest BCUT2D eigenvalue weighted by Gasteiger charge is -2.21. The number of nitrogens with one attached hydrogen (secondary N) is 2. The highest BCUT2D eigenvalue weighted by molar-refractivity contribution is 14.0. The van der Waals surface area contributed by atoms with Gasteiger partial charge in [0.05, 0.1) is 0 Å². The van der Waals surface area contributed by atoms with Crippen LogP contribution < -0.4 is 10.6 Å². The van der Waals surface area contributed by atoms with Crippen LogP contribution in [-0.4, -0.2) is 60.3 Å². The molecular weight excluding hydrogens is 515 g/mol. The Labute approximate surface area is 202 Å². The number of hydrogen-bond donors (Lipinski definition) is 2. The molecule has 0 radical (unpaired) electrons. The fourth-order valence-corrected chi connectivity index (χ4v) is 3.24. The van der Waals surface area contributed by atoms with Gasteiger partial charge >= 0.3 is 0 Å². The van der Waals surface area contributed by atoms with Crippen molar-refractivity contribution in [1.82, 2.24) is 25.7 Å². The van der Waals surface area contributed by atoms with Crippen molar-refractivity contribution in [3.8, 4) is 11.4 Å². The minimum Gasteiger partial charge on any atom is -0.356 e. The topological polar surface area (TPSA) is 78.6 Å². The molecule has 30 heavy (non-hydrogen) atoms. The number of guanidine groups is 1. The maximum atomic E-state index is 6.02. The maximum Gasteiger partial charge on any atom is 0.228 e. The summed E-state index contributed by atoms with van der Waals surface area (Å²) in [5.41, 5.74) is 0.844. The highest BCUT2D eigenvalue weighted by Gasteiger charge is 2.10. The molecule has 2 N–H and O–H groups in total. The van der Waals surface area contributed by atoms with Gasteiger partial charge in [-0.1, -0.05) is 42.7 Å². The van der Waals surface area contributed by atoms with Crippen molar-refractivity contribution in [2.45, 2.75) is 46.1 Å². The van der Waals surface area contributed by atoms with E-state index in [0.717, 1.165) is 37.6 Å². The maximum absolute atomic E-state index is 6.02. The molecule has 168 valence electrons. The molecule has 1 atom stereocenters. The SMILES string of the molecule is CCN(CC)CCCC(C)NC(=NC)NCCc1nc(-c2cccc(Cl)c2)no1.I. The number of rotatable bonds is 11. The lowest BCUT2D eigenvalue weighted by molar-refractivity contribution is 0.292. The Bertz CT molecular complexity index is 765. The molecular formula is C21H34ClIN6O. The fraction of sp³-hybridized carbons (Fsp3) is 0.571. The predicted molar refractivity (Wildman–Crippen MR) is 135 cm³/mol. The third-order valence-electron chi connectivity index (χ3n) is 4.79. The molecule has 0 amide bonds. The lowest BCUT2D eigenvalue weighted by Crippen LogP contribution is -2.43. The van der Waals surface area contributed by atoms with Gasteiger partial charge in [0, 0.05) is 36.6 Å². The van der Waals surface area contributed by atoms with Gasteiger partial charge in [-0.25, -0.2) is 0 Å². The summed E-state index contributed by atoms with van der Waals surface area (Å²) in [6.07, 6.45) is 2.88. The largest absolute Gasteiger partial charge is 0.356 e. The summed E-state index contributed by atoms with van der Waals surface area (Å²) in [6.45, 7) is 10.6. The number of nitrogens with zero attached hydrogens (tertiary/aromatic N) is 4. The molecule has 0 bridgehead atoms. The van der Waals surface area contributed by atoms with Crippen molar-refractivity contribution in [2.24, 2.45) is 4.99 Å². The van der Waals surface area contributed by atoms with Crippen molar-refractivity contribution in [3.63, 3.8) is 0 Å². The highest BCUT2D eigenvalue weighted by Crippen LogP contribution is 2.19. The standard InChI is InChI=1S/C21H33ClN6O.HI/c1-5-28(6-2)14-8-9-16(3)25-21(23-4)24-13-12-19-26-20(27-29-19)17-10-7-11-18(22)15-17;/h7,10-11,15-16H,5-6,8-9,12-14H2,1-4H3,(H2,23,24,25);1H. The average molecular weight is 549 g/mol. The molecule has 1 unspecified atom stereocenters. The Morgan fingerprint density at radius 1 is 1.30 bits per heavy atom. The quantitative estimate of drug-likeness (QED) is 0.249. The zero-order chi connectivity index (χ0) is 21.1. The number of aliphatic imine (C=N–C) groups is 1. The van der Waals surface area contributed by atoms with E-state index >= 15 is 0 Å². The molecule has 0 spiro atoms. The van der Waals surface area contributed by atoms with Gasteiger partial charge < -0.3 is 20.1 Å². The van der Waals surface area contributed by atoms with Crippen LogP contribution >= 0.6 is 35.6 Å². The molecule has 1 heterocycles. The summed E-state index contributed by atoms with van der Waals surface area (Å²) >= 11 is 6.02. The van der Waals surface area contributed by atoms with Gasteiger partial charge in [0.15, 0.2) is 5.96 Å². The van der Waals surface area contributed by atoms with Crippen LogP contribution in [0.4, 0.5) is 0 Å². The number of benzene rings is 1. The smallest absolute Gasteiger partial charge is 0.228 e. The van der Waals surface area contributed by atoms with Crippen LogP contribution in [0.15, 0.2) is 33.8 Å². The van der Waals surface area contributed by atoms with Crippen LogP contribution in [0.3, 0.4) is 0 Å². The lowest BCUT2D eigenvalue weighted by atomic mass is 10.2. The molecule has 2 aromatic rings. The highest BCUT2D eigenvalue weighted by atomic mass is 127. The first-order valence-corrected chi connectivity index (χ1v) is 10.7. The van der Waals surface area contributed by atoms with Crippen LogP contribution in [0.2, 0.25) is 5.02 Å². The van der Waals surface area contributed by atoms with E-state index in [1.54, 1.807) is 7.05 Å². The fourth-order valence-electron chi connectivity index (χ4n) is 3.05. The number of halogens is 2. The molecule has 0 aliphatic rings. The molecule has 0 aliphatic heterocycles. The van der Waals surface area contributed by atoms with E-state index < -0.39 is 0 Å². The molecule has 0 fully saturated rings. The van der Waals surface area contributed by atoms with Crippen molar-refractivity contribution >= 4 is 41.5 Å². The Kier molecular flexibility index (Phi) is 13.0. The summed E-state index contributed by atoms with van der Waals surface area (Å²) in [7, 11) is 1.78. The monoisotopic (exact) mass is 548 g/mol. The normalized spacial score (nSPS) is 12.5. The van der Waals surface area contributed by atoms with Crippen molar-refractivity contribution < 1.29 is 4.52 Å². The van der Waals surface area contributed by atoms with Crippen LogP contribution in [-0.2, 0) is 6.42 Å². The molecule has 2 rings (SSSR count). The van der Waals surface area contributed by atoms with Crippen LogP contribution in [0.1, 0.15) is 39.5 Å². The van der Waals surface area contributed by atoms with Crippen LogP contribution in [0, 0.1) is 0 Å². The van der Waals surface area contributed by atoms with E-state index in [4.69, 9.17) is 16.1 Å². The summed E-state index contributed by atoms with van der Waals surface area (Å²) < 4.78 is 5.34. The predicted octanol–water partition coefficient (Wildman–Crippen LogP) is 4.23. The second kappa shape index (κ2) is 14.6. The van der Waals surface area contributed by atoms with Crippen molar-refractivity contribution in [3.05, 3.63) is 35.2 Å². The Hall–Kier alpha value is -1.39. The minimum absolute atomic E-state index is 0. The van der Waals surface area contributed by atoms with Crippen LogP contribution in [0.25, 0.3) is 11.4 Å². The summed E-state index contributed by atoms with van der Waals surface area (Å²) in [4.78, 5) is 11.2. The Morgan fingerprint density at radius 2 is 2.07 bits per heavy atom. The van der Waals surface area contributed by atoms with Gasteiger partial charge in [-0.2, -0.15) is 4.98 Å². The molecule has 1 aromatic heterocycles. The molecule has 0 saturated heterocycles. The molecule has 1 aromatic carbocycles. The van der Waals surface area contributed by atoms with E-state index in [9.17, 15) is 0 Å². The summed E-state index contributed by atoms with van der Waals surface area (Å²) in [5, 5.41) is 11.4. The van der Waals surface area contributed by atoms with Gasteiger partial charge in [-0.15, -0.1) is 24.0 Å². The number of hydrogen-bond acceptors (Lipinski definition) is 5. The van der Waals surface area contributed by atoms with E-state index in [1.165, 1.54) is 6.42 Å². The molecule has 9 heteroatoms. The zero-order valence-electron chi connectivity index (χ0n) is 18.3. The molecule has 7 nitrogen and oxygen atoms in total. The third kappa shape index (κ3) is 9.18. The van der Waals surface area contributed by atoms with Crippen molar-refractivity contribution in [1.29, 1.82) is 0 Å². The second-order valence-corrected chi connectivity index (χ2v) is 7.42. The second-order valence-electron chi connectivity index (χ2n) is 6.99. The Morgan fingerprint density at radius 3 is 2.73 bits per heavy atom. The van der Waals surface area contributed by atoms with Gasteiger partial charge in [-0.3, -0.25) is 4.99 Å². The first kappa shape index (κ1) is 26.6. The Balaban J connectivity index is 0.00000450. The summed E-state index contributed by atoms with van der Waals surface area (Å²) in [6, 6.07) is 7.77. The first-order chi connectivity index (χ1) is 14.0. The van der Waals surface area contributed by atoms with Gasteiger partial charge in [0.25, 0.3) is 0 Å². The molecule has 0 saturated carbocycles. The van der Waals surface area contributed by atoms with Gasteiger partial charge in [0.1, 0.15) is 0 Å². The van der Waals surface area contributed by atoms with E-state index in [2.05, 4.69) is 51.4 Å². The average Bonchev–Trinajstić information content (AvgIpc) is 3.19. The van der Waals surface area contributed by atoms with Crippen molar-refractivity contribution in [2.75, 3.05) is 33.2 Å². The number of aromatic nitrogens is 2. The molecule has 0 aliphatic carbocycles. The summed E-state index contributed by atoms with van der Waals surface area (Å²) in [5.74, 6) is 1.91. The minimum atomic E-state index is 0. The third-order valence-corrected chi connectivity index (χ3v) is 5.03. The van der Waals surface area contributed by atoms with E-state index in [1.807, 2.05) is 24.3 Å². The van der Waals surface area contributed by atoms with E-state index in [0.29, 0.717) is 35.7 Å². The van der Waals surface area contributed by atoms with Gasteiger partial charge in [-0.05, 0) is 51.5 Å². The van der Waals surface area contributed by atoms with Gasteiger partial charge in [0.2, 0.25) is 11.7 Å². The van der Waals surface area contributed by atoms with E-state index in [-0.39, 0.29) is 24.0 Å².